The van der Waals surface area contributed by atoms with Gasteiger partial charge in [-0.2, -0.15) is 0 Å². The van der Waals surface area contributed by atoms with Gasteiger partial charge in [0.2, 0.25) is 0 Å². The molecule has 0 aliphatic heterocycles. The summed E-state index contributed by atoms with van der Waals surface area (Å²) in [4.78, 5) is 0. The maximum atomic E-state index is 9.34. The molecule has 1 saturated carbocycles. The zero-order chi connectivity index (χ0) is 8.32. The van der Waals surface area contributed by atoms with E-state index in [0.29, 0.717) is 6.54 Å². The third-order valence-electron chi connectivity index (χ3n) is 1.98. The summed E-state index contributed by atoms with van der Waals surface area (Å²) in [5.41, 5.74) is -0.552. The van der Waals surface area contributed by atoms with Crippen molar-refractivity contribution in [3.8, 4) is 0 Å². The molecular weight excluding hydrogens is 138 g/mol. The molecule has 0 aromatic heterocycles. The molecule has 1 aliphatic carbocycles. The number of aliphatic hydroxyl groups is 1. The minimum atomic E-state index is -0.552. The summed E-state index contributed by atoms with van der Waals surface area (Å²) in [5.74, 6) is 0.990. The van der Waals surface area contributed by atoms with E-state index < -0.39 is 5.60 Å². The van der Waals surface area contributed by atoms with Crippen LogP contribution in [0, 0.1) is 5.92 Å². The standard InChI is InChI=1S/C9H19NO/c1-9(2,11)7-10-6-5-8-3-4-8/h8,10-11H,3-7H2,1-2H3. The van der Waals surface area contributed by atoms with Crippen LogP contribution in [-0.4, -0.2) is 23.8 Å². The second-order valence-corrected chi connectivity index (χ2v) is 4.22. The van der Waals surface area contributed by atoms with Crippen LogP contribution in [0.4, 0.5) is 0 Å². The average molecular weight is 157 g/mol. The van der Waals surface area contributed by atoms with Crippen molar-refractivity contribution in [2.45, 2.75) is 38.7 Å². The Bertz CT molecular complexity index is 113. The first-order valence-electron chi connectivity index (χ1n) is 4.51. The van der Waals surface area contributed by atoms with Crippen molar-refractivity contribution in [3.05, 3.63) is 0 Å². The van der Waals surface area contributed by atoms with Gasteiger partial charge in [0.25, 0.3) is 0 Å². The first-order chi connectivity index (χ1) is 5.08. The Morgan fingerprint density at radius 3 is 2.55 bits per heavy atom. The summed E-state index contributed by atoms with van der Waals surface area (Å²) in [7, 11) is 0. The van der Waals surface area contributed by atoms with E-state index in [9.17, 15) is 5.11 Å². The molecule has 11 heavy (non-hydrogen) atoms. The van der Waals surface area contributed by atoms with Gasteiger partial charge < -0.3 is 10.4 Å². The number of rotatable bonds is 5. The van der Waals surface area contributed by atoms with Gasteiger partial charge in [0.15, 0.2) is 0 Å². The van der Waals surface area contributed by atoms with E-state index in [2.05, 4.69) is 5.32 Å². The van der Waals surface area contributed by atoms with Gasteiger partial charge in [-0.3, -0.25) is 0 Å². The molecule has 1 fully saturated rings. The van der Waals surface area contributed by atoms with E-state index in [4.69, 9.17) is 0 Å². The second kappa shape index (κ2) is 3.55. The number of hydrogen-bond donors (Lipinski definition) is 2. The van der Waals surface area contributed by atoms with Crippen LogP contribution in [0.5, 0.6) is 0 Å². The molecule has 66 valence electrons. The summed E-state index contributed by atoms with van der Waals surface area (Å²) in [6.45, 7) is 5.43. The quantitative estimate of drug-likeness (QED) is 0.587. The van der Waals surface area contributed by atoms with Crippen molar-refractivity contribution in [1.82, 2.24) is 5.32 Å². The molecule has 1 aliphatic rings. The van der Waals surface area contributed by atoms with Crippen molar-refractivity contribution in [2.75, 3.05) is 13.1 Å². The van der Waals surface area contributed by atoms with E-state index in [0.717, 1.165) is 12.5 Å². The Labute approximate surface area is 69.0 Å². The Balaban J connectivity index is 1.87. The van der Waals surface area contributed by atoms with Crippen LogP contribution in [0.3, 0.4) is 0 Å². The first-order valence-corrected chi connectivity index (χ1v) is 4.51. The summed E-state index contributed by atoms with van der Waals surface area (Å²) < 4.78 is 0. The van der Waals surface area contributed by atoms with Crippen molar-refractivity contribution < 1.29 is 5.11 Å². The van der Waals surface area contributed by atoms with Crippen LogP contribution >= 0.6 is 0 Å². The zero-order valence-electron chi connectivity index (χ0n) is 7.56. The highest BCUT2D eigenvalue weighted by atomic mass is 16.3. The predicted octanol–water partition coefficient (Wildman–Crippen LogP) is 1.15. The zero-order valence-corrected chi connectivity index (χ0v) is 7.56. The molecule has 0 amide bonds. The summed E-state index contributed by atoms with van der Waals surface area (Å²) in [5, 5.41) is 12.6. The SMILES string of the molecule is CC(C)(O)CNCCC1CC1. The van der Waals surface area contributed by atoms with Crippen LogP contribution in [0.25, 0.3) is 0 Å². The fourth-order valence-corrected chi connectivity index (χ4v) is 1.11. The van der Waals surface area contributed by atoms with Gasteiger partial charge in [0.1, 0.15) is 0 Å². The maximum absolute atomic E-state index is 9.34. The normalized spacial score (nSPS) is 18.8. The van der Waals surface area contributed by atoms with Gasteiger partial charge in [-0.1, -0.05) is 12.8 Å². The minimum absolute atomic E-state index is 0.552. The monoisotopic (exact) mass is 157 g/mol. The topological polar surface area (TPSA) is 32.3 Å². The molecule has 2 N–H and O–H groups in total. The van der Waals surface area contributed by atoms with Gasteiger partial charge in [-0.05, 0) is 32.7 Å². The van der Waals surface area contributed by atoms with Crippen molar-refractivity contribution in [3.63, 3.8) is 0 Å². The largest absolute Gasteiger partial charge is 0.389 e. The molecule has 0 heterocycles. The molecule has 0 spiro atoms. The maximum Gasteiger partial charge on any atom is 0.0715 e. The van der Waals surface area contributed by atoms with Gasteiger partial charge in [-0.25, -0.2) is 0 Å². The molecule has 0 radical (unpaired) electrons. The second-order valence-electron chi connectivity index (χ2n) is 4.22. The summed E-state index contributed by atoms with van der Waals surface area (Å²) in [6.07, 6.45) is 4.13. The Kier molecular flexibility index (Phi) is 2.90. The van der Waals surface area contributed by atoms with E-state index in [1.165, 1.54) is 19.3 Å². The number of hydrogen-bond acceptors (Lipinski definition) is 2. The van der Waals surface area contributed by atoms with E-state index in [1.54, 1.807) is 0 Å². The predicted molar refractivity (Wildman–Crippen MR) is 46.5 cm³/mol. The molecule has 0 bridgehead atoms. The Morgan fingerprint density at radius 1 is 1.45 bits per heavy atom. The molecule has 1 rings (SSSR count). The van der Waals surface area contributed by atoms with Gasteiger partial charge >= 0.3 is 0 Å². The highest BCUT2D eigenvalue weighted by Gasteiger charge is 2.20. The molecule has 2 heteroatoms. The van der Waals surface area contributed by atoms with Gasteiger partial charge in [0.05, 0.1) is 5.60 Å². The highest BCUT2D eigenvalue weighted by molar-refractivity contribution is 4.75. The van der Waals surface area contributed by atoms with Crippen molar-refractivity contribution >= 4 is 0 Å². The molecule has 0 aromatic rings. The van der Waals surface area contributed by atoms with Crippen LogP contribution in [0.2, 0.25) is 0 Å². The van der Waals surface area contributed by atoms with Crippen LogP contribution < -0.4 is 5.32 Å². The highest BCUT2D eigenvalue weighted by Crippen LogP contribution is 2.31. The van der Waals surface area contributed by atoms with Crippen LogP contribution in [0.1, 0.15) is 33.1 Å². The van der Waals surface area contributed by atoms with E-state index in [-0.39, 0.29) is 0 Å². The number of nitrogens with one attached hydrogen (secondary N) is 1. The third-order valence-corrected chi connectivity index (χ3v) is 1.98. The average Bonchev–Trinajstić information content (AvgIpc) is 2.60. The first kappa shape index (κ1) is 9.01. The van der Waals surface area contributed by atoms with Gasteiger partial charge in [0, 0.05) is 6.54 Å². The van der Waals surface area contributed by atoms with Gasteiger partial charge in [-0.15, -0.1) is 0 Å². The molecule has 2 nitrogen and oxygen atoms in total. The molecule has 0 saturated heterocycles. The lowest BCUT2D eigenvalue weighted by Crippen LogP contribution is -2.35. The van der Waals surface area contributed by atoms with Crippen LogP contribution in [-0.2, 0) is 0 Å². The van der Waals surface area contributed by atoms with Crippen molar-refractivity contribution in [2.24, 2.45) is 5.92 Å². The lowest BCUT2D eigenvalue weighted by atomic mass is 10.1. The summed E-state index contributed by atoms with van der Waals surface area (Å²) >= 11 is 0. The molecule has 0 unspecified atom stereocenters. The molecule has 0 aromatic carbocycles. The van der Waals surface area contributed by atoms with Crippen LogP contribution in [0.15, 0.2) is 0 Å². The Morgan fingerprint density at radius 2 is 2.09 bits per heavy atom. The lowest BCUT2D eigenvalue weighted by Gasteiger charge is -2.17. The third kappa shape index (κ3) is 5.22. The van der Waals surface area contributed by atoms with E-state index >= 15 is 0 Å². The fraction of sp³-hybridized carbons (Fsp3) is 1.00. The summed E-state index contributed by atoms with van der Waals surface area (Å²) in [6, 6.07) is 0. The minimum Gasteiger partial charge on any atom is -0.389 e. The lowest BCUT2D eigenvalue weighted by molar-refractivity contribution is 0.0798. The fourth-order valence-electron chi connectivity index (χ4n) is 1.11. The molecular formula is C9H19NO. The van der Waals surface area contributed by atoms with E-state index in [1.807, 2.05) is 13.8 Å². The van der Waals surface area contributed by atoms with Crippen molar-refractivity contribution in [1.29, 1.82) is 0 Å². The molecule has 0 atom stereocenters. The Hall–Kier alpha value is -0.0800. The smallest absolute Gasteiger partial charge is 0.0715 e.